The van der Waals surface area contributed by atoms with E-state index in [0.717, 1.165) is 13.0 Å². The first-order valence-corrected chi connectivity index (χ1v) is 12.9. The molecule has 1 unspecified atom stereocenters. The number of unbranched alkanes of at least 4 members (excludes halogenated alkanes) is 11. The van der Waals surface area contributed by atoms with Gasteiger partial charge < -0.3 is 9.05 Å². The van der Waals surface area contributed by atoms with Gasteiger partial charge in [0.25, 0.3) is 8.53 Å². The molecule has 0 aromatic carbocycles. The van der Waals surface area contributed by atoms with E-state index >= 15 is 0 Å². The van der Waals surface area contributed by atoms with Crippen molar-refractivity contribution in [2.45, 2.75) is 130 Å². The van der Waals surface area contributed by atoms with E-state index in [1.807, 2.05) is 0 Å². The van der Waals surface area contributed by atoms with Gasteiger partial charge in [-0.2, -0.15) is 5.26 Å². The minimum atomic E-state index is -1.07. The normalized spacial score (nSPS) is 12.8. The van der Waals surface area contributed by atoms with Gasteiger partial charge in [0.15, 0.2) is 0 Å². The second-order valence-electron chi connectivity index (χ2n) is 8.27. The summed E-state index contributed by atoms with van der Waals surface area (Å²) in [4.78, 5) is 0. The van der Waals surface area contributed by atoms with E-state index in [2.05, 4.69) is 45.4 Å². The highest BCUT2D eigenvalue weighted by Crippen LogP contribution is 2.46. The number of hydrogen-bond acceptors (Lipinski definition) is 4. The van der Waals surface area contributed by atoms with Gasteiger partial charge in [0.05, 0.1) is 25.7 Å². The minimum absolute atomic E-state index is 0.371. The molecule has 28 heavy (non-hydrogen) atoms. The third-order valence-electron chi connectivity index (χ3n) is 4.86. The van der Waals surface area contributed by atoms with Crippen molar-refractivity contribution in [1.82, 2.24) is 4.67 Å². The zero-order valence-corrected chi connectivity index (χ0v) is 20.3. The Hall–Kier alpha value is -0.200. The maximum atomic E-state index is 8.76. The summed E-state index contributed by atoms with van der Waals surface area (Å²) < 4.78 is 14.3. The van der Waals surface area contributed by atoms with E-state index in [9.17, 15) is 0 Å². The lowest BCUT2D eigenvalue weighted by molar-refractivity contribution is 0.174. The van der Waals surface area contributed by atoms with Crippen molar-refractivity contribution in [3.05, 3.63) is 0 Å². The molecule has 0 radical (unpaired) electrons. The highest BCUT2D eigenvalue weighted by atomic mass is 31.2. The molecule has 0 aliphatic heterocycles. The Kier molecular flexibility index (Phi) is 19.9. The molecule has 0 N–H and O–H groups in total. The van der Waals surface area contributed by atoms with Crippen molar-refractivity contribution in [2.75, 3.05) is 13.2 Å². The molecule has 0 aromatic rings. The molecule has 0 heterocycles. The van der Waals surface area contributed by atoms with Crippen LogP contribution in [0.15, 0.2) is 0 Å². The Morgan fingerprint density at radius 2 is 1.14 bits per heavy atom. The number of nitrogens with zero attached hydrogens (tertiary/aromatic N) is 2. The van der Waals surface area contributed by atoms with Crippen LogP contribution in [0.5, 0.6) is 0 Å². The van der Waals surface area contributed by atoms with Gasteiger partial charge in [0.1, 0.15) is 0 Å². The molecule has 4 nitrogen and oxygen atoms in total. The maximum absolute atomic E-state index is 8.76. The molecule has 0 aromatic heterocycles. The molecule has 0 amide bonds. The Balaban J connectivity index is 3.82. The summed E-state index contributed by atoms with van der Waals surface area (Å²) in [6.45, 7) is 12.2. The summed E-state index contributed by atoms with van der Waals surface area (Å²) in [5, 5.41) is 8.76. The van der Waals surface area contributed by atoms with Crippen LogP contribution in [0.25, 0.3) is 0 Å². The summed E-state index contributed by atoms with van der Waals surface area (Å²) in [7, 11) is -1.07. The standard InChI is InChI=1S/C23H47N2O2P/c1-6-7-8-9-10-11-12-13-14-15-16-17-20-26-28(27-21-18-19-24)25(22(2)3)23(4)5/h22-23H,6-18,20-21H2,1-5H3. The second-order valence-corrected chi connectivity index (χ2v) is 9.72. The summed E-state index contributed by atoms with van der Waals surface area (Å²) >= 11 is 0. The van der Waals surface area contributed by atoms with Gasteiger partial charge in [-0.3, -0.25) is 0 Å². The fraction of sp³-hybridized carbons (Fsp3) is 0.957. The Morgan fingerprint density at radius 3 is 1.57 bits per heavy atom. The molecule has 1 atom stereocenters. The lowest BCUT2D eigenvalue weighted by atomic mass is 10.1. The van der Waals surface area contributed by atoms with Crippen LogP contribution >= 0.6 is 8.53 Å². The number of rotatable bonds is 20. The van der Waals surface area contributed by atoms with Gasteiger partial charge in [-0.25, -0.2) is 4.67 Å². The fourth-order valence-electron chi connectivity index (χ4n) is 3.40. The maximum Gasteiger partial charge on any atom is 0.259 e. The zero-order chi connectivity index (χ0) is 21.0. The van der Waals surface area contributed by atoms with Crippen LogP contribution in [-0.2, 0) is 9.05 Å². The first kappa shape index (κ1) is 27.8. The van der Waals surface area contributed by atoms with Crippen molar-refractivity contribution < 1.29 is 9.05 Å². The summed E-state index contributed by atoms with van der Waals surface area (Å²) in [5.74, 6) is 0. The SMILES string of the molecule is CCCCCCCCCCCCCCOP(OCCC#N)N(C(C)C)C(C)C. The van der Waals surface area contributed by atoms with Crippen molar-refractivity contribution in [3.8, 4) is 6.07 Å². The van der Waals surface area contributed by atoms with E-state index in [1.165, 1.54) is 70.6 Å². The van der Waals surface area contributed by atoms with Gasteiger partial charge in [-0.05, 0) is 34.1 Å². The average molecular weight is 415 g/mol. The lowest BCUT2D eigenvalue weighted by Gasteiger charge is -2.35. The van der Waals surface area contributed by atoms with Gasteiger partial charge in [-0.1, -0.05) is 77.6 Å². The molecular weight excluding hydrogens is 367 g/mol. The first-order valence-electron chi connectivity index (χ1n) is 11.8. The predicted octanol–water partition coefficient (Wildman–Crippen LogP) is 7.98. The van der Waals surface area contributed by atoms with Crippen LogP contribution in [0.3, 0.4) is 0 Å². The molecule has 0 rings (SSSR count). The Labute approximate surface area is 177 Å². The Morgan fingerprint density at radius 1 is 0.714 bits per heavy atom. The molecule has 0 aliphatic carbocycles. The average Bonchev–Trinajstić information content (AvgIpc) is 2.64. The van der Waals surface area contributed by atoms with E-state index in [0.29, 0.717) is 25.1 Å². The van der Waals surface area contributed by atoms with Gasteiger partial charge in [0, 0.05) is 12.1 Å². The molecule has 166 valence electrons. The van der Waals surface area contributed by atoms with Crippen molar-refractivity contribution >= 4 is 8.53 Å². The second kappa shape index (κ2) is 20.1. The van der Waals surface area contributed by atoms with Gasteiger partial charge >= 0.3 is 0 Å². The number of hydrogen-bond donors (Lipinski definition) is 0. The van der Waals surface area contributed by atoms with E-state index in [-0.39, 0.29) is 0 Å². The quantitative estimate of drug-likeness (QED) is 0.150. The highest BCUT2D eigenvalue weighted by Gasteiger charge is 2.26. The monoisotopic (exact) mass is 414 g/mol. The smallest absolute Gasteiger partial charge is 0.259 e. The lowest BCUT2D eigenvalue weighted by Crippen LogP contribution is -2.33. The Bertz CT molecular complexity index is 364. The van der Waals surface area contributed by atoms with Crippen LogP contribution < -0.4 is 0 Å². The minimum Gasteiger partial charge on any atom is -0.322 e. The molecule has 0 fully saturated rings. The van der Waals surface area contributed by atoms with Crippen molar-refractivity contribution in [2.24, 2.45) is 0 Å². The third-order valence-corrected chi connectivity index (χ3v) is 6.97. The summed E-state index contributed by atoms with van der Waals surface area (Å²) in [6.07, 6.45) is 16.6. The van der Waals surface area contributed by atoms with Crippen molar-refractivity contribution in [3.63, 3.8) is 0 Å². The van der Waals surface area contributed by atoms with Gasteiger partial charge in [0.2, 0.25) is 0 Å². The van der Waals surface area contributed by atoms with Crippen LogP contribution in [0.2, 0.25) is 0 Å². The predicted molar refractivity (Wildman–Crippen MR) is 122 cm³/mol. The van der Waals surface area contributed by atoms with E-state index in [4.69, 9.17) is 14.3 Å². The van der Waals surface area contributed by atoms with Crippen molar-refractivity contribution in [1.29, 1.82) is 5.26 Å². The topological polar surface area (TPSA) is 45.5 Å². The van der Waals surface area contributed by atoms with Gasteiger partial charge in [-0.15, -0.1) is 0 Å². The molecule has 5 heteroatoms. The van der Waals surface area contributed by atoms with Crippen LogP contribution in [0, 0.1) is 11.3 Å². The van der Waals surface area contributed by atoms with E-state index in [1.54, 1.807) is 0 Å². The fourth-order valence-corrected chi connectivity index (χ4v) is 5.03. The van der Waals surface area contributed by atoms with Crippen LogP contribution in [0.1, 0.15) is 118 Å². The summed E-state index contributed by atoms with van der Waals surface area (Å²) in [5.41, 5.74) is 0. The summed E-state index contributed by atoms with van der Waals surface area (Å²) in [6, 6.07) is 2.89. The molecule has 0 saturated carbocycles. The van der Waals surface area contributed by atoms with Crippen LogP contribution in [-0.4, -0.2) is 30.0 Å². The molecule has 0 aliphatic rings. The molecule has 0 spiro atoms. The van der Waals surface area contributed by atoms with E-state index < -0.39 is 8.53 Å². The zero-order valence-electron chi connectivity index (χ0n) is 19.4. The highest BCUT2D eigenvalue weighted by molar-refractivity contribution is 7.44. The third kappa shape index (κ3) is 15.7. The largest absolute Gasteiger partial charge is 0.322 e. The first-order chi connectivity index (χ1) is 13.5. The molecule has 0 saturated heterocycles. The molecule has 0 bridgehead atoms. The molecular formula is C23H47N2O2P. The number of nitriles is 1. The van der Waals surface area contributed by atoms with Crippen LogP contribution in [0.4, 0.5) is 0 Å².